The molecule has 0 amide bonds. The van der Waals surface area contributed by atoms with Crippen LogP contribution in [-0.4, -0.2) is 58.2 Å². The molecule has 0 aliphatic heterocycles. The van der Waals surface area contributed by atoms with Crippen molar-refractivity contribution in [2.75, 3.05) is 6.61 Å². The highest BCUT2D eigenvalue weighted by molar-refractivity contribution is 6.06. The van der Waals surface area contributed by atoms with Crippen molar-refractivity contribution < 1.29 is 38.6 Å². The van der Waals surface area contributed by atoms with Crippen LogP contribution in [0.4, 0.5) is 0 Å². The third-order valence-electron chi connectivity index (χ3n) is 13.8. The molecule has 8 nitrogen and oxygen atoms in total. The monoisotopic (exact) mass is 618 g/mol. The average Bonchev–Trinajstić information content (AvgIpc) is 2.89. The molecule has 0 bridgehead atoms. The summed E-state index contributed by atoms with van der Waals surface area (Å²) in [5.74, 6) is 0.344. The quantitative estimate of drug-likeness (QED) is 0.240. The summed E-state index contributed by atoms with van der Waals surface area (Å²) in [4.78, 5) is 37.6. The van der Waals surface area contributed by atoms with Gasteiger partial charge in [0.2, 0.25) is 0 Å². The van der Waals surface area contributed by atoms with Gasteiger partial charge in [-0.15, -0.1) is 0 Å². The van der Waals surface area contributed by atoms with Crippen molar-refractivity contribution in [2.45, 2.75) is 126 Å². The van der Waals surface area contributed by atoms with E-state index in [1.807, 2.05) is 0 Å². The van der Waals surface area contributed by atoms with Gasteiger partial charge in [0.05, 0.1) is 5.41 Å². The molecule has 4 saturated carbocycles. The maximum absolute atomic E-state index is 13.5. The van der Waals surface area contributed by atoms with Crippen LogP contribution in [0.25, 0.3) is 0 Å². The molecular weight excluding hydrogens is 563 g/mol. The van der Waals surface area contributed by atoms with Crippen LogP contribution < -0.4 is 0 Å². The molecule has 43 heavy (non-hydrogen) atoms. The number of carbonyl (C=O) groups is 3. The summed E-state index contributed by atoms with van der Waals surface area (Å²) in [7, 11) is 0. The minimum Gasteiger partial charge on any atom is -0.628 e. The molecule has 9 heteroatoms. The molecule has 0 aromatic carbocycles. The zero-order valence-electron chi connectivity index (χ0n) is 27.7. The van der Waals surface area contributed by atoms with E-state index in [2.05, 4.69) is 64.2 Å². The van der Waals surface area contributed by atoms with Crippen molar-refractivity contribution in [3.05, 3.63) is 11.6 Å². The lowest BCUT2D eigenvalue weighted by molar-refractivity contribution is -0.226. The second-order valence-electron chi connectivity index (χ2n) is 16.2. The highest BCUT2D eigenvalue weighted by Gasteiger charge is 2.70. The molecule has 9 unspecified atom stereocenters. The molecule has 0 aromatic heterocycles. The summed E-state index contributed by atoms with van der Waals surface area (Å²) in [6, 6.07) is 0. The van der Waals surface area contributed by atoms with Crippen molar-refractivity contribution in [1.82, 2.24) is 0 Å². The number of fused-ring (bicyclic) bond motifs is 7. The molecule has 0 heterocycles. The Bertz CT molecular complexity index is 1150. The summed E-state index contributed by atoms with van der Waals surface area (Å²) < 4.78 is 17.1. The van der Waals surface area contributed by atoms with E-state index in [0.717, 1.165) is 64.2 Å². The first-order valence-electron chi connectivity index (χ1n) is 15.9. The Morgan fingerprint density at radius 2 is 1.51 bits per heavy atom. The Morgan fingerprint density at radius 1 is 0.860 bits per heavy atom. The third kappa shape index (κ3) is 5.23. The maximum Gasteiger partial charge on any atom is 0.484 e. The fourth-order valence-corrected chi connectivity index (χ4v) is 11.6. The Labute approximate surface area is 266 Å². The van der Waals surface area contributed by atoms with E-state index >= 15 is 0 Å². The van der Waals surface area contributed by atoms with Gasteiger partial charge in [-0.05, 0) is 104 Å². The van der Waals surface area contributed by atoms with Gasteiger partial charge in [0, 0.05) is 19.3 Å². The lowest BCUT2D eigenvalue weighted by Crippen LogP contribution is -2.66. The van der Waals surface area contributed by atoms with Crippen LogP contribution in [0.5, 0.6) is 0 Å². The van der Waals surface area contributed by atoms with Crippen LogP contribution in [-0.2, 0) is 27.6 Å². The van der Waals surface area contributed by atoms with Crippen LogP contribution in [0.1, 0.15) is 120 Å². The Kier molecular flexibility index (Phi) is 9.86. The molecule has 0 spiro atoms. The smallest absolute Gasteiger partial charge is 0.484 e. The zero-order valence-corrected chi connectivity index (χ0v) is 28.8. The number of hydrogen-bond acceptors (Lipinski definition) is 6. The second kappa shape index (κ2) is 11.8. The van der Waals surface area contributed by atoms with Crippen LogP contribution in [0.3, 0.4) is 0 Å². The number of esters is 2. The van der Waals surface area contributed by atoms with E-state index in [9.17, 15) is 14.4 Å². The van der Waals surface area contributed by atoms with Gasteiger partial charge in [0.15, 0.2) is 0 Å². The topological polar surface area (TPSA) is 142 Å². The van der Waals surface area contributed by atoms with Crippen molar-refractivity contribution in [3.63, 3.8) is 0 Å². The first-order chi connectivity index (χ1) is 19.0. The van der Waals surface area contributed by atoms with E-state index in [1.54, 1.807) is 0 Å². The molecule has 2 radical (unpaired) electrons. The number of carbonyl (C=O) groups excluding carboxylic acids is 3. The molecule has 0 aromatic rings. The van der Waals surface area contributed by atoms with Crippen molar-refractivity contribution in [1.29, 1.82) is 0 Å². The Morgan fingerprint density at radius 3 is 2.12 bits per heavy atom. The Hall–Kier alpha value is -1.40. The SMILES string of the molecule is CC(=O)OCC1(C)C(OC(C)=O)CCC2(C)C1CCC1(C)C2CC=C2C3CC(C)(C)CCC3(C(=O)[O][Al])CCC21C.O.O. The fraction of sp³-hybridized carbons (Fsp3) is 0.853. The lowest BCUT2D eigenvalue weighted by atomic mass is 9.33. The largest absolute Gasteiger partial charge is 0.628 e. The van der Waals surface area contributed by atoms with Gasteiger partial charge in [-0.1, -0.05) is 53.2 Å². The van der Waals surface area contributed by atoms with Gasteiger partial charge in [0.25, 0.3) is 5.97 Å². The summed E-state index contributed by atoms with van der Waals surface area (Å²) in [6.45, 7) is 17.7. The van der Waals surface area contributed by atoms with E-state index in [0.29, 0.717) is 5.92 Å². The molecule has 5 aliphatic carbocycles. The molecule has 9 atom stereocenters. The number of ether oxygens (including phenoxy) is 2. The van der Waals surface area contributed by atoms with Gasteiger partial charge in [-0.3, -0.25) is 14.4 Å². The summed E-state index contributed by atoms with van der Waals surface area (Å²) in [6.07, 6.45) is 12.0. The number of allylic oxidation sites excluding steroid dienone is 2. The van der Waals surface area contributed by atoms with Crippen molar-refractivity contribution >= 4 is 34.5 Å². The van der Waals surface area contributed by atoms with E-state index in [1.165, 1.54) is 19.4 Å². The first-order valence-corrected chi connectivity index (χ1v) is 16.4. The van der Waals surface area contributed by atoms with Crippen LogP contribution in [0.15, 0.2) is 11.6 Å². The highest BCUT2D eigenvalue weighted by atomic mass is 27.1. The summed E-state index contributed by atoms with van der Waals surface area (Å²) in [5.41, 5.74) is 0.963. The van der Waals surface area contributed by atoms with Crippen LogP contribution in [0.2, 0.25) is 0 Å². The van der Waals surface area contributed by atoms with Crippen LogP contribution in [0, 0.1) is 50.2 Å². The zero-order chi connectivity index (χ0) is 30.2. The molecule has 5 aliphatic rings. The van der Waals surface area contributed by atoms with E-state index in [4.69, 9.17) is 13.3 Å². The molecule has 4 N–H and O–H groups in total. The van der Waals surface area contributed by atoms with Gasteiger partial charge >= 0.3 is 28.6 Å². The van der Waals surface area contributed by atoms with Crippen LogP contribution >= 0.6 is 0 Å². The van der Waals surface area contributed by atoms with E-state index < -0.39 is 10.8 Å². The number of rotatable bonds is 4. The molecule has 4 fully saturated rings. The second-order valence-corrected chi connectivity index (χ2v) is 16.4. The maximum atomic E-state index is 13.5. The van der Waals surface area contributed by atoms with E-state index in [-0.39, 0.29) is 75.1 Å². The van der Waals surface area contributed by atoms with Gasteiger partial charge < -0.3 is 24.2 Å². The minimum absolute atomic E-state index is 0. The predicted octanol–water partition coefficient (Wildman–Crippen LogP) is 5.24. The first kappa shape index (κ1) is 36.1. The van der Waals surface area contributed by atoms with Gasteiger partial charge in [-0.2, -0.15) is 0 Å². The lowest BCUT2D eigenvalue weighted by Gasteiger charge is -2.71. The minimum atomic E-state index is -0.436. The normalized spacial score (nSPS) is 44.2. The van der Waals surface area contributed by atoms with Gasteiger partial charge in [-0.25, -0.2) is 0 Å². The highest BCUT2D eigenvalue weighted by Crippen LogP contribution is 2.76. The molecular formula is C34H55AlO8. The number of hydrogen-bond donors (Lipinski definition) is 0. The summed E-state index contributed by atoms with van der Waals surface area (Å²) >= 11 is 2.23. The standard InChI is InChI=1S/C34H52O6.Al.2H2O/c1-21(35)39-20-31(6)25-11-14-33(8)26(30(25,5)13-12-27(31)40-22(2)36)10-9-23-24-19-29(3,4)15-17-34(24,28(37)38)18-16-32(23,33)7;;;/h9,24-27H,10-20H2,1-8H3,(H,37,38);;2*1H2/q;+1;;/p-1. The van der Waals surface area contributed by atoms with Crippen molar-refractivity contribution in [3.8, 4) is 0 Å². The molecule has 0 saturated heterocycles. The van der Waals surface area contributed by atoms with Crippen molar-refractivity contribution in [2.24, 2.45) is 50.2 Å². The molecule has 242 valence electrons. The predicted molar refractivity (Wildman–Crippen MR) is 165 cm³/mol. The van der Waals surface area contributed by atoms with Gasteiger partial charge in [0.1, 0.15) is 12.7 Å². The fourth-order valence-electron chi connectivity index (χ4n) is 11.4. The summed E-state index contributed by atoms with van der Waals surface area (Å²) in [5, 5.41) is 0. The Balaban J connectivity index is 0.00000253. The molecule has 5 rings (SSSR count). The third-order valence-corrected chi connectivity index (χ3v) is 14.0. The average molecular weight is 619 g/mol.